The molecule has 0 aromatic heterocycles. The number of ether oxygens (including phenoxy) is 5. The summed E-state index contributed by atoms with van der Waals surface area (Å²) in [5, 5.41) is 24.1. The molecule has 0 saturated carbocycles. The van der Waals surface area contributed by atoms with Gasteiger partial charge in [0.2, 0.25) is 12.2 Å². The average Bonchev–Trinajstić information content (AvgIpc) is 3.44. The van der Waals surface area contributed by atoms with Crippen molar-refractivity contribution in [3.63, 3.8) is 0 Å². The van der Waals surface area contributed by atoms with Gasteiger partial charge < -0.3 is 44.1 Å². The molecule has 1 aliphatic heterocycles. The fraction of sp³-hybridized carbons (Fsp3) is 0.625. The van der Waals surface area contributed by atoms with Gasteiger partial charge in [0.15, 0.2) is 23.0 Å². The van der Waals surface area contributed by atoms with E-state index in [9.17, 15) is 15.0 Å². The molecule has 1 unspecified atom stereocenters. The predicted octanol–water partition coefficient (Wildman–Crippen LogP) is 7.31. The highest BCUT2D eigenvalue weighted by Gasteiger charge is 2.38. The molecule has 2 aromatic carbocycles. The van der Waals surface area contributed by atoms with Crippen LogP contribution in [-0.2, 0) is 4.79 Å². The van der Waals surface area contributed by atoms with E-state index >= 15 is 0 Å². The summed E-state index contributed by atoms with van der Waals surface area (Å²) in [6, 6.07) is 3.76. The van der Waals surface area contributed by atoms with E-state index in [0.29, 0.717) is 61.3 Å². The Morgan fingerprint density at radius 2 is 1.42 bits per heavy atom. The van der Waals surface area contributed by atoms with Crippen LogP contribution < -0.4 is 29.0 Å². The third-order valence-corrected chi connectivity index (χ3v) is 10.3. The first kappa shape index (κ1) is 40.8. The summed E-state index contributed by atoms with van der Waals surface area (Å²) in [5.41, 5.74) is 3.76. The Morgan fingerprint density at radius 3 is 1.96 bits per heavy atom. The van der Waals surface area contributed by atoms with E-state index in [2.05, 4.69) is 33.0 Å². The van der Waals surface area contributed by atoms with Crippen molar-refractivity contribution >= 4 is 17.7 Å². The van der Waals surface area contributed by atoms with Crippen molar-refractivity contribution in [1.29, 1.82) is 0 Å². The lowest BCUT2D eigenvalue weighted by Gasteiger charge is -2.40. The van der Waals surface area contributed by atoms with Gasteiger partial charge in [0.25, 0.3) is 0 Å². The first-order chi connectivity index (χ1) is 23.2. The molecule has 0 saturated heterocycles. The summed E-state index contributed by atoms with van der Waals surface area (Å²) in [6.07, 6.45) is 3.90. The lowest BCUT2D eigenvalue weighted by atomic mass is 9.69. The summed E-state index contributed by atoms with van der Waals surface area (Å²) in [4.78, 5) is 14.0. The number of aryl methyl sites for hydroxylation is 1. The number of carbonyl (C=O) groups is 1. The number of carbonyl (C=O) groups excluding carboxylic acids is 1. The summed E-state index contributed by atoms with van der Waals surface area (Å²) < 4.78 is 30.1. The molecule has 0 fully saturated rings. The minimum Gasteiger partial charge on any atom is -0.492 e. The zero-order chi connectivity index (χ0) is 37.8. The minimum atomic E-state index is -0.831. The molecule has 0 bridgehead atoms. The zero-order valence-corrected chi connectivity index (χ0v) is 32.9. The van der Waals surface area contributed by atoms with E-state index in [1.165, 1.54) is 0 Å². The van der Waals surface area contributed by atoms with Crippen LogP contribution in [0.1, 0.15) is 90.5 Å². The van der Waals surface area contributed by atoms with Gasteiger partial charge in [-0.05, 0) is 81.2 Å². The lowest BCUT2D eigenvalue weighted by molar-refractivity contribution is -0.116. The largest absolute Gasteiger partial charge is 0.492 e. The molecule has 280 valence electrons. The van der Waals surface area contributed by atoms with Gasteiger partial charge in [0, 0.05) is 47.5 Å². The number of benzene rings is 2. The van der Waals surface area contributed by atoms with Crippen molar-refractivity contribution in [2.24, 2.45) is 16.2 Å². The number of hydrogen-bond acceptors (Lipinski definition) is 9. The Morgan fingerprint density at radius 1 is 0.840 bits per heavy atom. The number of nitrogens with one attached hydrogen (secondary N) is 1. The SMILES string of the molecule is COc1c(C)c(C)c(C2=CN(C=O)C(CNc3cc(OCC(C)(C)C(C)(C)CO)c(OCC(C)(C)CC(C)(C)O)cc3C)C2)c(OC)c1OC. The Kier molecular flexibility index (Phi) is 12.8. The van der Waals surface area contributed by atoms with Gasteiger partial charge in [-0.2, -0.15) is 0 Å². The molecule has 0 aliphatic carbocycles. The number of anilines is 1. The van der Waals surface area contributed by atoms with E-state index < -0.39 is 5.60 Å². The Bertz CT molecular complexity index is 1540. The first-order valence-corrected chi connectivity index (χ1v) is 17.4. The van der Waals surface area contributed by atoms with Crippen LogP contribution in [0.25, 0.3) is 5.57 Å². The van der Waals surface area contributed by atoms with Gasteiger partial charge in [-0.1, -0.05) is 41.5 Å². The fourth-order valence-electron chi connectivity index (χ4n) is 6.55. The highest BCUT2D eigenvalue weighted by molar-refractivity contribution is 5.82. The quantitative estimate of drug-likeness (QED) is 0.138. The van der Waals surface area contributed by atoms with Gasteiger partial charge >= 0.3 is 0 Å². The number of hydrogen-bond donors (Lipinski definition) is 3. The highest BCUT2D eigenvalue weighted by atomic mass is 16.5. The second kappa shape index (κ2) is 15.7. The monoisotopic (exact) mass is 698 g/mol. The number of nitrogens with zero attached hydrogens (tertiary/aromatic N) is 1. The average molecular weight is 699 g/mol. The van der Waals surface area contributed by atoms with Gasteiger partial charge in [-0.15, -0.1) is 0 Å². The fourth-order valence-corrected chi connectivity index (χ4v) is 6.55. The third-order valence-electron chi connectivity index (χ3n) is 10.3. The third kappa shape index (κ3) is 9.18. The maximum atomic E-state index is 12.3. The molecule has 50 heavy (non-hydrogen) atoms. The molecule has 10 heteroatoms. The molecule has 10 nitrogen and oxygen atoms in total. The zero-order valence-electron chi connectivity index (χ0n) is 32.9. The van der Waals surface area contributed by atoms with Gasteiger partial charge in [0.05, 0.1) is 46.2 Å². The van der Waals surface area contributed by atoms with Gasteiger partial charge in [-0.3, -0.25) is 4.79 Å². The van der Waals surface area contributed by atoms with E-state index in [-0.39, 0.29) is 28.9 Å². The summed E-state index contributed by atoms with van der Waals surface area (Å²) >= 11 is 0. The van der Waals surface area contributed by atoms with E-state index in [0.717, 1.165) is 39.9 Å². The van der Waals surface area contributed by atoms with Crippen LogP contribution >= 0.6 is 0 Å². The second-order valence-corrected chi connectivity index (χ2v) is 16.4. The number of methoxy groups -OCH3 is 3. The number of amides is 1. The van der Waals surface area contributed by atoms with Crippen molar-refractivity contribution < 1.29 is 38.7 Å². The van der Waals surface area contributed by atoms with Gasteiger partial charge in [-0.25, -0.2) is 0 Å². The van der Waals surface area contributed by atoms with Crippen LogP contribution in [0.5, 0.6) is 28.7 Å². The molecular formula is C40H62N2O8. The molecule has 0 radical (unpaired) electrons. The number of aliphatic hydroxyl groups excluding tert-OH is 1. The van der Waals surface area contributed by atoms with Crippen LogP contribution in [0.3, 0.4) is 0 Å². The van der Waals surface area contributed by atoms with Crippen LogP contribution in [0, 0.1) is 37.0 Å². The summed E-state index contributed by atoms with van der Waals surface area (Å²) in [7, 11) is 4.81. The van der Waals surface area contributed by atoms with Crippen LogP contribution in [0.15, 0.2) is 18.3 Å². The summed E-state index contributed by atoms with van der Waals surface area (Å²) in [6.45, 7) is 23.2. The van der Waals surface area contributed by atoms with Crippen molar-refractivity contribution in [2.45, 2.75) is 101 Å². The topological polar surface area (TPSA) is 119 Å². The van der Waals surface area contributed by atoms with Crippen LogP contribution in [-0.4, -0.2) is 80.9 Å². The first-order valence-electron chi connectivity index (χ1n) is 17.4. The Labute approximate surface area is 300 Å². The normalized spacial score (nSPS) is 15.5. The van der Waals surface area contributed by atoms with Crippen molar-refractivity contribution in [2.75, 3.05) is 53.0 Å². The molecular weight excluding hydrogens is 636 g/mol. The minimum absolute atomic E-state index is 0.0253. The number of rotatable bonds is 18. The van der Waals surface area contributed by atoms with Gasteiger partial charge in [0.1, 0.15) is 0 Å². The molecule has 2 aromatic rings. The van der Waals surface area contributed by atoms with E-state index in [1.54, 1.807) is 40.1 Å². The maximum Gasteiger partial charge on any atom is 0.214 e. The lowest BCUT2D eigenvalue weighted by Crippen LogP contribution is -2.40. The predicted molar refractivity (Wildman–Crippen MR) is 200 cm³/mol. The molecule has 3 rings (SSSR count). The molecule has 0 spiro atoms. The second-order valence-electron chi connectivity index (χ2n) is 16.4. The number of aliphatic hydroxyl groups is 2. The highest BCUT2D eigenvalue weighted by Crippen LogP contribution is 2.49. The van der Waals surface area contributed by atoms with Crippen LogP contribution in [0.4, 0.5) is 5.69 Å². The van der Waals surface area contributed by atoms with Crippen molar-refractivity contribution in [3.05, 3.63) is 40.6 Å². The molecule has 1 atom stereocenters. The molecule has 3 N–H and O–H groups in total. The molecule has 1 aliphatic rings. The Hall–Kier alpha value is -3.63. The standard InChI is InChI=1S/C40H62N2O8/c1-25-15-31(49-22-37(4,5)20-40(10,11)45)32(50-23-39(8,9)38(6,7)21-43)17-30(25)41-18-29-16-28(19-42(29)24-44)33-26(2)27(3)34(46-12)36(48-14)35(33)47-13/h15,17,19,24,29,41,43,45H,16,18,20-23H2,1-14H3. The van der Waals surface area contributed by atoms with Crippen molar-refractivity contribution in [3.8, 4) is 28.7 Å². The van der Waals surface area contributed by atoms with Crippen molar-refractivity contribution in [1.82, 2.24) is 4.90 Å². The molecule has 1 amide bonds. The van der Waals surface area contributed by atoms with E-state index in [4.69, 9.17) is 23.7 Å². The molecule has 1 heterocycles. The Balaban J connectivity index is 1.92. The maximum absolute atomic E-state index is 12.3. The smallest absolute Gasteiger partial charge is 0.214 e. The van der Waals surface area contributed by atoms with E-state index in [1.807, 2.05) is 53.0 Å². The summed E-state index contributed by atoms with van der Waals surface area (Å²) in [5.74, 6) is 2.91. The van der Waals surface area contributed by atoms with Crippen LogP contribution in [0.2, 0.25) is 0 Å².